The molecule has 1 heterocycles. The zero-order valence-corrected chi connectivity index (χ0v) is 13.3. The van der Waals surface area contributed by atoms with Crippen LogP contribution < -0.4 is 15.2 Å². The van der Waals surface area contributed by atoms with Gasteiger partial charge in [-0.25, -0.2) is 0 Å². The molecule has 2 rings (SSSR count). The van der Waals surface area contributed by atoms with Crippen LogP contribution in [-0.4, -0.2) is 38.1 Å². The summed E-state index contributed by atoms with van der Waals surface area (Å²) in [6, 6.07) is 3.23. The van der Waals surface area contributed by atoms with Crippen LogP contribution in [0.2, 0.25) is 5.02 Å². The Morgan fingerprint density at radius 2 is 2.05 bits per heavy atom. The maximum absolute atomic E-state index is 12.1. The van der Waals surface area contributed by atoms with E-state index < -0.39 is 0 Å². The minimum atomic E-state index is -0.257. The summed E-state index contributed by atoms with van der Waals surface area (Å²) in [5, 5.41) is 0.443. The van der Waals surface area contributed by atoms with Gasteiger partial charge in [-0.3, -0.25) is 4.79 Å². The van der Waals surface area contributed by atoms with Gasteiger partial charge in [0.15, 0.2) is 11.5 Å². The number of ether oxygens (including phenoxy) is 2. The Morgan fingerprint density at radius 3 is 2.67 bits per heavy atom. The van der Waals surface area contributed by atoms with Gasteiger partial charge in [0.1, 0.15) is 0 Å². The van der Waals surface area contributed by atoms with E-state index >= 15 is 0 Å². The summed E-state index contributed by atoms with van der Waals surface area (Å²) in [5.74, 6) is 1.11. The standard InChI is InChI=1S/C15H21ClN2O3/c1-18-12(19)6-4-5-10(17)14(18)9-7-8-11(20-2)15(21-3)13(9)16/h7-8,10,14H,4-6,17H2,1-3H3. The van der Waals surface area contributed by atoms with Gasteiger partial charge in [-0.05, 0) is 24.5 Å². The van der Waals surface area contributed by atoms with E-state index in [0.29, 0.717) is 22.9 Å². The first kappa shape index (κ1) is 15.9. The molecule has 0 aromatic heterocycles. The number of carbonyl (C=O) groups excluding carboxylic acids is 1. The Morgan fingerprint density at radius 1 is 1.33 bits per heavy atom. The normalized spacial score (nSPS) is 22.9. The van der Waals surface area contributed by atoms with E-state index in [0.717, 1.165) is 18.4 Å². The number of benzene rings is 1. The number of likely N-dealkylation sites (N-methyl/N-ethyl adjacent to an activating group) is 1. The Hall–Kier alpha value is -1.46. The second-order valence-corrected chi connectivity index (χ2v) is 5.59. The third-order valence-corrected chi connectivity index (χ3v) is 4.37. The largest absolute Gasteiger partial charge is 0.493 e. The predicted molar refractivity (Wildman–Crippen MR) is 81.9 cm³/mol. The molecule has 1 amide bonds. The number of likely N-dealkylation sites (tertiary alicyclic amines) is 1. The first-order valence-corrected chi connectivity index (χ1v) is 7.30. The van der Waals surface area contributed by atoms with Crippen LogP contribution in [0.5, 0.6) is 11.5 Å². The van der Waals surface area contributed by atoms with E-state index in [1.807, 2.05) is 6.07 Å². The zero-order valence-electron chi connectivity index (χ0n) is 12.6. The lowest BCUT2D eigenvalue weighted by molar-refractivity contribution is -0.131. The smallest absolute Gasteiger partial charge is 0.222 e. The molecule has 0 bridgehead atoms. The summed E-state index contributed by atoms with van der Waals surface area (Å²) in [5.41, 5.74) is 7.06. The van der Waals surface area contributed by atoms with Crippen molar-refractivity contribution in [2.45, 2.75) is 31.3 Å². The number of carbonyl (C=O) groups is 1. The van der Waals surface area contributed by atoms with Gasteiger partial charge in [0.2, 0.25) is 5.91 Å². The average molecular weight is 313 g/mol. The molecule has 2 N–H and O–H groups in total. The van der Waals surface area contributed by atoms with Crippen LogP contribution in [0.15, 0.2) is 12.1 Å². The van der Waals surface area contributed by atoms with Crippen LogP contribution in [0.4, 0.5) is 0 Å². The van der Waals surface area contributed by atoms with Crippen molar-refractivity contribution in [1.29, 1.82) is 0 Å². The summed E-state index contributed by atoms with van der Waals surface area (Å²) < 4.78 is 10.6. The van der Waals surface area contributed by atoms with E-state index in [9.17, 15) is 4.79 Å². The maximum atomic E-state index is 12.1. The van der Waals surface area contributed by atoms with Crippen molar-refractivity contribution in [3.05, 3.63) is 22.7 Å². The molecule has 0 radical (unpaired) electrons. The fourth-order valence-corrected chi connectivity index (χ4v) is 3.18. The lowest BCUT2D eigenvalue weighted by Crippen LogP contribution is -2.40. The van der Waals surface area contributed by atoms with Crippen molar-refractivity contribution >= 4 is 17.5 Å². The van der Waals surface area contributed by atoms with E-state index in [2.05, 4.69) is 0 Å². The minimum absolute atomic E-state index is 0.0822. The van der Waals surface area contributed by atoms with Gasteiger partial charge >= 0.3 is 0 Å². The topological polar surface area (TPSA) is 64.8 Å². The van der Waals surface area contributed by atoms with Gasteiger partial charge in [-0.15, -0.1) is 0 Å². The van der Waals surface area contributed by atoms with Crippen LogP contribution in [0.3, 0.4) is 0 Å². The molecule has 1 aliphatic heterocycles. The second kappa shape index (κ2) is 6.54. The Balaban J connectivity index is 2.50. The lowest BCUT2D eigenvalue weighted by atomic mass is 9.96. The van der Waals surface area contributed by atoms with Gasteiger partial charge in [-0.2, -0.15) is 0 Å². The molecule has 1 aliphatic rings. The molecule has 0 aliphatic carbocycles. The molecule has 1 aromatic rings. The molecule has 0 saturated carbocycles. The van der Waals surface area contributed by atoms with Gasteiger partial charge < -0.3 is 20.1 Å². The maximum Gasteiger partial charge on any atom is 0.222 e. The SMILES string of the molecule is COc1ccc(C2C(N)CCCC(=O)N2C)c(Cl)c1OC. The van der Waals surface area contributed by atoms with E-state index in [1.165, 1.54) is 7.11 Å². The van der Waals surface area contributed by atoms with E-state index in [1.54, 1.807) is 25.1 Å². The highest BCUT2D eigenvalue weighted by atomic mass is 35.5. The van der Waals surface area contributed by atoms with Crippen molar-refractivity contribution in [2.24, 2.45) is 5.73 Å². The van der Waals surface area contributed by atoms with Gasteiger partial charge in [0, 0.05) is 19.5 Å². The van der Waals surface area contributed by atoms with Crippen molar-refractivity contribution < 1.29 is 14.3 Å². The fraction of sp³-hybridized carbons (Fsp3) is 0.533. The summed E-state index contributed by atoms with van der Waals surface area (Å²) in [6.07, 6.45) is 2.10. The molecule has 6 heteroatoms. The summed E-state index contributed by atoms with van der Waals surface area (Å²) in [6.45, 7) is 0. The second-order valence-electron chi connectivity index (χ2n) is 5.21. The van der Waals surface area contributed by atoms with Gasteiger partial charge in [0.25, 0.3) is 0 Å². The summed E-state index contributed by atoms with van der Waals surface area (Å²) in [7, 11) is 4.86. The third-order valence-electron chi connectivity index (χ3n) is 3.98. The molecule has 116 valence electrons. The molecule has 5 nitrogen and oxygen atoms in total. The van der Waals surface area contributed by atoms with Crippen LogP contribution in [0, 0.1) is 0 Å². The molecule has 2 atom stereocenters. The molecule has 21 heavy (non-hydrogen) atoms. The monoisotopic (exact) mass is 312 g/mol. The number of hydrogen-bond donors (Lipinski definition) is 1. The number of nitrogens with two attached hydrogens (primary N) is 1. The van der Waals surface area contributed by atoms with Crippen molar-refractivity contribution in [2.75, 3.05) is 21.3 Å². The average Bonchev–Trinajstić information content (AvgIpc) is 2.59. The summed E-state index contributed by atoms with van der Waals surface area (Å²) >= 11 is 6.46. The van der Waals surface area contributed by atoms with Crippen molar-refractivity contribution in [3.63, 3.8) is 0 Å². The van der Waals surface area contributed by atoms with Crippen LogP contribution in [-0.2, 0) is 4.79 Å². The van der Waals surface area contributed by atoms with Crippen molar-refractivity contribution in [3.8, 4) is 11.5 Å². The highest BCUT2D eigenvalue weighted by molar-refractivity contribution is 6.33. The van der Waals surface area contributed by atoms with Crippen LogP contribution in [0.25, 0.3) is 0 Å². The van der Waals surface area contributed by atoms with E-state index in [4.69, 9.17) is 26.8 Å². The number of hydrogen-bond acceptors (Lipinski definition) is 4. The van der Waals surface area contributed by atoms with Gasteiger partial charge in [0.05, 0.1) is 25.3 Å². The lowest BCUT2D eigenvalue weighted by Gasteiger charge is -2.32. The number of nitrogens with zero attached hydrogens (tertiary/aromatic N) is 1. The van der Waals surface area contributed by atoms with Crippen molar-refractivity contribution in [1.82, 2.24) is 4.90 Å². The van der Waals surface area contributed by atoms with Crippen LogP contribution >= 0.6 is 11.6 Å². The number of halogens is 1. The van der Waals surface area contributed by atoms with Crippen LogP contribution in [0.1, 0.15) is 30.9 Å². The Kier molecular flexibility index (Phi) is 4.96. The number of amides is 1. The quantitative estimate of drug-likeness (QED) is 0.930. The number of rotatable bonds is 3. The minimum Gasteiger partial charge on any atom is -0.493 e. The number of methoxy groups -OCH3 is 2. The first-order valence-electron chi connectivity index (χ1n) is 6.92. The first-order chi connectivity index (χ1) is 10.0. The molecular weight excluding hydrogens is 292 g/mol. The molecule has 2 unspecified atom stereocenters. The molecule has 1 fully saturated rings. The summed E-state index contributed by atoms with van der Waals surface area (Å²) in [4.78, 5) is 13.8. The molecular formula is C15H21ClN2O3. The highest BCUT2D eigenvalue weighted by Crippen LogP contribution is 2.42. The van der Waals surface area contributed by atoms with Gasteiger partial charge in [-0.1, -0.05) is 17.7 Å². The Bertz CT molecular complexity index is 536. The highest BCUT2D eigenvalue weighted by Gasteiger charge is 2.33. The third kappa shape index (κ3) is 2.94. The molecule has 0 spiro atoms. The molecule has 1 aromatic carbocycles. The Labute approximate surface area is 130 Å². The predicted octanol–water partition coefficient (Wildman–Crippen LogP) is 2.37. The fourth-order valence-electron chi connectivity index (χ4n) is 2.84. The molecule has 1 saturated heterocycles. The zero-order chi connectivity index (χ0) is 15.6. The van der Waals surface area contributed by atoms with E-state index in [-0.39, 0.29) is 18.0 Å².